The molecule has 2 heteroatoms. The van der Waals surface area contributed by atoms with Crippen LogP contribution in [0.5, 0.6) is 0 Å². The van der Waals surface area contributed by atoms with Crippen molar-refractivity contribution in [3.8, 4) is 0 Å². The molecule has 0 aliphatic carbocycles. The van der Waals surface area contributed by atoms with Crippen LogP contribution in [0, 0.1) is 0 Å². The Morgan fingerprint density at radius 1 is 1.42 bits per heavy atom. The van der Waals surface area contributed by atoms with Crippen LogP contribution in [0.2, 0.25) is 0 Å². The van der Waals surface area contributed by atoms with Gasteiger partial charge in [-0.05, 0) is 11.8 Å². The lowest BCUT2D eigenvalue weighted by Gasteiger charge is -1.99. The average molecular weight is 184 g/mol. The van der Waals surface area contributed by atoms with Crippen molar-refractivity contribution >= 4 is 11.6 Å². The summed E-state index contributed by atoms with van der Waals surface area (Å²) < 4.78 is 0. The van der Waals surface area contributed by atoms with Crippen LogP contribution < -0.4 is 5.32 Å². The molecule has 0 bridgehead atoms. The van der Waals surface area contributed by atoms with Gasteiger partial charge in [0, 0.05) is 12.4 Å². The number of halogens is 1. The molecule has 0 aromatic rings. The Balaban J connectivity index is 3.73. The largest absolute Gasteiger partial charge is 0.387 e. The van der Waals surface area contributed by atoms with Gasteiger partial charge in [-0.25, -0.2) is 0 Å². The lowest BCUT2D eigenvalue weighted by atomic mass is 10.2. The van der Waals surface area contributed by atoms with Gasteiger partial charge in [0.2, 0.25) is 0 Å². The van der Waals surface area contributed by atoms with Crippen molar-refractivity contribution in [3.63, 3.8) is 0 Å². The minimum atomic E-state index is 0.529. The third-order valence-corrected chi connectivity index (χ3v) is 1.40. The van der Waals surface area contributed by atoms with Gasteiger partial charge in [0.05, 0.1) is 0 Å². The molecule has 0 aliphatic rings. The summed E-state index contributed by atoms with van der Waals surface area (Å²) in [4.78, 5) is 0. The Morgan fingerprint density at radius 2 is 2.17 bits per heavy atom. The van der Waals surface area contributed by atoms with Crippen molar-refractivity contribution < 1.29 is 0 Å². The van der Waals surface area contributed by atoms with E-state index in [9.17, 15) is 0 Å². The molecule has 0 saturated carbocycles. The lowest BCUT2D eigenvalue weighted by Crippen LogP contribution is -2.08. The van der Waals surface area contributed by atoms with Crippen molar-refractivity contribution in [3.05, 3.63) is 49.2 Å². The normalized spacial score (nSPS) is 11.6. The number of alkyl halides is 1. The van der Waals surface area contributed by atoms with Crippen LogP contribution in [0.4, 0.5) is 0 Å². The highest BCUT2D eigenvalue weighted by atomic mass is 35.5. The van der Waals surface area contributed by atoms with Crippen molar-refractivity contribution in [1.82, 2.24) is 5.32 Å². The van der Waals surface area contributed by atoms with Crippen LogP contribution in [0.15, 0.2) is 49.2 Å². The van der Waals surface area contributed by atoms with Gasteiger partial charge in [0.15, 0.2) is 0 Å². The third-order valence-electron chi connectivity index (χ3n) is 1.23. The maximum absolute atomic E-state index is 5.43. The third kappa shape index (κ3) is 5.81. The standard InChI is InChI=1S/C10H14ClN/c1-3-6-10(4-2)9-12-8-5-7-11/h3-6,8,12H,1-2,7,9H2/b8-5+,10-6+. The molecule has 0 aliphatic heterocycles. The highest BCUT2D eigenvalue weighted by Gasteiger charge is 1.85. The van der Waals surface area contributed by atoms with E-state index >= 15 is 0 Å². The Bertz CT molecular complexity index is 192. The van der Waals surface area contributed by atoms with Crippen LogP contribution in [0.25, 0.3) is 0 Å². The summed E-state index contributed by atoms with van der Waals surface area (Å²) in [5.41, 5.74) is 1.10. The fourth-order valence-electron chi connectivity index (χ4n) is 0.655. The fraction of sp³-hybridized carbons (Fsp3) is 0.200. The molecule has 1 N–H and O–H groups in total. The van der Waals surface area contributed by atoms with Crippen molar-refractivity contribution in [2.75, 3.05) is 12.4 Å². The van der Waals surface area contributed by atoms with Crippen LogP contribution in [0.3, 0.4) is 0 Å². The van der Waals surface area contributed by atoms with E-state index in [1.54, 1.807) is 12.2 Å². The summed E-state index contributed by atoms with van der Waals surface area (Å²) in [5.74, 6) is 0.529. The second-order valence-corrected chi connectivity index (χ2v) is 2.43. The van der Waals surface area contributed by atoms with Crippen molar-refractivity contribution in [2.45, 2.75) is 0 Å². The quantitative estimate of drug-likeness (QED) is 0.493. The topological polar surface area (TPSA) is 12.0 Å². The molecule has 1 nitrogen and oxygen atoms in total. The number of rotatable bonds is 6. The Kier molecular flexibility index (Phi) is 7.50. The maximum Gasteiger partial charge on any atom is 0.0420 e. The zero-order valence-corrected chi connectivity index (χ0v) is 7.85. The van der Waals surface area contributed by atoms with Gasteiger partial charge in [0.1, 0.15) is 0 Å². The monoisotopic (exact) mass is 183 g/mol. The fourth-order valence-corrected chi connectivity index (χ4v) is 0.744. The molecule has 0 fully saturated rings. The molecule has 0 saturated heterocycles. The molecule has 0 atom stereocenters. The Hall–Kier alpha value is -0.950. The first-order valence-electron chi connectivity index (χ1n) is 3.73. The summed E-state index contributed by atoms with van der Waals surface area (Å²) >= 11 is 5.43. The minimum absolute atomic E-state index is 0.529. The van der Waals surface area contributed by atoms with E-state index in [2.05, 4.69) is 18.5 Å². The van der Waals surface area contributed by atoms with Gasteiger partial charge in [-0.3, -0.25) is 0 Å². The maximum atomic E-state index is 5.43. The molecule has 0 rings (SSSR count). The minimum Gasteiger partial charge on any atom is -0.387 e. The molecule has 0 amide bonds. The van der Waals surface area contributed by atoms with Crippen LogP contribution >= 0.6 is 11.6 Å². The summed E-state index contributed by atoms with van der Waals surface area (Å²) in [7, 11) is 0. The predicted octanol–water partition coefficient (Wildman–Crippen LogP) is 2.63. The van der Waals surface area contributed by atoms with E-state index in [0.717, 1.165) is 12.1 Å². The first kappa shape index (κ1) is 11.1. The van der Waals surface area contributed by atoms with E-state index in [0.29, 0.717) is 5.88 Å². The van der Waals surface area contributed by atoms with Crippen LogP contribution in [0.1, 0.15) is 0 Å². The summed E-state index contributed by atoms with van der Waals surface area (Å²) in [6.07, 6.45) is 9.12. The highest BCUT2D eigenvalue weighted by Crippen LogP contribution is 1.93. The number of hydrogen-bond donors (Lipinski definition) is 1. The van der Waals surface area contributed by atoms with E-state index in [4.69, 9.17) is 11.6 Å². The number of nitrogens with one attached hydrogen (secondary N) is 1. The molecule has 0 spiro atoms. The van der Waals surface area contributed by atoms with Crippen molar-refractivity contribution in [1.29, 1.82) is 0 Å². The smallest absolute Gasteiger partial charge is 0.0420 e. The van der Waals surface area contributed by atoms with Gasteiger partial charge in [-0.2, -0.15) is 0 Å². The summed E-state index contributed by atoms with van der Waals surface area (Å²) in [6, 6.07) is 0. The van der Waals surface area contributed by atoms with Gasteiger partial charge < -0.3 is 5.32 Å². The summed E-state index contributed by atoms with van der Waals surface area (Å²) in [5, 5.41) is 3.07. The molecule has 12 heavy (non-hydrogen) atoms. The van der Waals surface area contributed by atoms with E-state index in [1.807, 2.05) is 18.4 Å². The molecular weight excluding hydrogens is 170 g/mol. The zero-order valence-electron chi connectivity index (χ0n) is 7.09. The molecule has 0 aromatic carbocycles. The van der Waals surface area contributed by atoms with Crippen molar-refractivity contribution in [2.24, 2.45) is 0 Å². The van der Waals surface area contributed by atoms with E-state index in [-0.39, 0.29) is 0 Å². The van der Waals surface area contributed by atoms with Gasteiger partial charge in [0.25, 0.3) is 0 Å². The van der Waals surface area contributed by atoms with Gasteiger partial charge in [-0.1, -0.05) is 37.5 Å². The SMILES string of the molecule is C=C/C=C(\C=C)CN/C=C/CCl. The van der Waals surface area contributed by atoms with Crippen LogP contribution in [-0.4, -0.2) is 12.4 Å². The second-order valence-electron chi connectivity index (χ2n) is 2.12. The highest BCUT2D eigenvalue weighted by molar-refractivity contribution is 6.18. The predicted molar refractivity (Wildman–Crippen MR) is 56.3 cm³/mol. The molecule has 0 unspecified atom stereocenters. The van der Waals surface area contributed by atoms with Gasteiger partial charge >= 0.3 is 0 Å². The summed E-state index contributed by atoms with van der Waals surface area (Å²) in [6.45, 7) is 8.03. The average Bonchev–Trinajstić information content (AvgIpc) is 2.10. The first-order valence-corrected chi connectivity index (χ1v) is 4.27. The molecule has 66 valence electrons. The second kappa shape index (κ2) is 8.15. The number of allylic oxidation sites excluding steroid dienone is 3. The zero-order chi connectivity index (χ0) is 9.23. The van der Waals surface area contributed by atoms with Crippen LogP contribution in [-0.2, 0) is 0 Å². The molecule has 0 aromatic heterocycles. The van der Waals surface area contributed by atoms with E-state index < -0.39 is 0 Å². The lowest BCUT2D eigenvalue weighted by molar-refractivity contribution is 0.954. The molecule has 0 heterocycles. The molecule has 0 radical (unpaired) electrons. The molecular formula is C10H14ClN. The Morgan fingerprint density at radius 3 is 2.67 bits per heavy atom. The Labute approximate surface area is 79.1 Å². The van der Waals surface area contributed by atoms with E-state index in [1.165, 1.54) is 0 Å². The number of hydrogen-bond acceptors (Lipinski definition) is 1. The van der Waals surface area contributed by atoms with Gasteiger partial charge in [-0.15, -0.1) is 11.6 Å². The first-order chi connectivity index (χ1) is 5.85.